The highest BCUT2D eigenvalue weighted by Gasteiger charge is 2.21. The summed E-state index contributed by atoms with van der Waals surface area (Å²) in [6.45, 7) is 2.58. The number of fused-ring (bicyclic) bond motifs is 1. The Morgan fingerprint density at radius 3 is 2.64 bits per heavy atom. The minimum atomic E-state index is 0.140. The van der Waals surface area contributed by atoms with Crippen molar-refractivity contribution in [3.63, 3.8) is 0 Å². The molecule has 0 aliphatic carbocycles. The van der Waals surface area contributed by atoms with Crippen molar-refractivity contribution in [2.75, 3.05) is 32.5 Å². The first-order valence-corrected chi connectivity index (χ1v) is 9.69. The molecule has 0 saturated heterocycles. The molecule has 0 amide bonds. The van der Waals surface area contributed by atoms with E-state index in [0.29, 0.717) is 5.82 Å². The number of hydrogen-bond acceptors (Lipinski definition) is 6. The molecule has 0 radical (unpaired) electrons. The van der Waals surface area contributed by atoms with Crippen LogP contribution in [0.2, 0.25) is 0 Å². The van der Waals surface area contributed by atoms with Crippen molar-refractivity contribution < 1.29 is 0 Å². The maximum absolute atomic E-state index is 4.90. The molecule has 1 atom stereocenters. The van der Waals surface area contributed by atoms with Crippen LogP contribution in [0.4, 0.5) is 5.82 Å². The Labute approximate surface area is 166 Å². The summed E-state index contributed by atoms with van der Waals surface area (Å²) in [6, 6.07) is 16.5. The van der Waals surface area contributed by atoms with Gasteiger partial charge in [-0.1, -0.05) is 36.4 Å². The first-order chi connectivity index (χ1) is 13.7. The number of aromatic nitrogens is 3. The van der Waals surface area contributed by atoms with Crippen LogP contribution in [0.25, 0.3) is 11.5 Å². The Hall–Kier alpha value is -2.83. The number of rotatable bonds is 6. The molecule has 4 rings (SSSR count). The summed E-state index contributed by atoms with van der Waals surface area (Å²) in [4.78, 5) is 16.3. The molecule has 0 bridgehead atoms. The first kappa shape index (κ1) is 18.5. The van der Waals surface area contributed by atoms with Crippen LogP contribution in [0.3, 0.4) is 0 Å². The van der Waals surface area contributed by atoms with Crippen LogP contribution in [-0.4, -0.2) is 47.0 Å². The molecule has 1 aliphatic heterocycles. The minimum absolute atomic E-state index is 0.140. The molecule has 6 heteroatoms. The standard InChI is InChI=1S/C22H26N6/c1-28(2)15-20(16-8-4-3-5-9-16)26-21-17-11-13-23-14-19(17)25-22(27-21)18-10-6-7-12-24-18/h3-10,12,20,23H,11,13-15H2,1-2H3,(H,25,26,27)/t20-/m0/s1. The van der Waals surface area contributed by atoms with E-state index in [2.05, 4.69) is 58.9 Å². The molecule has 3 heterocycles. The predicted octanol–water partition coefficient (Wildman–Crippen LogP) is 2.90. The Balaban J connectivity index is 1.74. The lowest BCUT2D eigenvalue weighted by Crippen LogP contribution is -2.29. The van der Waals surface area contributed by atoms with Crippen LogP contribution in [0.5, 0.6) is 0 Å². The van der Waals surface area contributed by atoms with E-state index < -0.39 is 0 Å². The summed E-state index contributed by atoms with van der Waals surface area (Å²) in [6.07, 6.45) is 2.70. The van der Waals surface area contributed by atoms with Crippen molar-refractivity contribution >= 4 is 5.82 Å². The van der Waals surface area contributed by atoms with Gasteiger partial charge in [0, 0.05) is 24.8 Å². The van der Waals surface area contributed by atoms with Crippen LogP contribution in [0, 0.1) is 0 Å². The first-order valence-electron chi connectivity index (χ1n) is 9.69. The van der Waals surface area contributed by atoms with Crippen LogP contribution >= 0.6 is 0 Å². The van der Waals surface area contributed by atoms with Gasteiger partial charge in [-0.05, 0) is 44.8 Å². The third-order valence-corrected chi connectivity index (χ3v) is 4.89. The molecular formula is C22H26N6. The molecule has 28 heavy (non-hydrogen) atoms. The fraction of sp³-hybridized carbons (Fsp3) is 0.318. The zero-order valence-electron chi connectivity index (χ0n) is 16.4. The third-order valence-electron chi connectivity index (χ3n) is 4.89. The molecule has 1 aromatic carbocycles. The minimum Gasteiger partial charge on any atom is -0.362 e. The number of nitrogens with zero attached hydrogens (tertiary/aromatic N) is 4. The summed E-state index contributed by atoms with van der Waals surface area (Å²) in [5.41, 5.74) is 4.30. The topological polar surface area (TPSA) is 66.0 Å². The maximum atomic E-state index is 4.90. The third kappa shape index (κ3) is 4.18. The normalized spacial score (nSPS) is 14.5. The SMILES string of the molecule is CN(C)C[C@H](Nc1nc(-c2ccccn2)nc2c1CCNC2)c1ccccc1. The maximum Gasteiger partial charge on any atom is 0.180 e. The lowest BCUT2D eigenvalue weighted by Gasteiger charge is -2.27. The molecule has 0 unspecified atom stereocenters. The second-order valence-electron chi connectivity index (χ2n) is 7.33. The number of likely N-dealkylation sites (N-methyl/N-ethyl adjacent to an activating group) is 1. The summed E-state index contributed by atoms with van der Waals surface area (Å²) in [5, 5.41) is 7.13. The van der Waals surface area contributed by atoms with E-state index in [4.69, 9.17) is 9.97 Å². The van der Waals surface area contributed by atoms with Crippen molar-refractivity contribution in [1.82, 2.24) is 25.2 Å². The van der Waals surface area contributed by atoms with Crippen molar-refractivity contribution in [2.45, 2.75) is 19.0 Å². The van der Waals surface area contributed by atoms with Crippen LogP contribution in [0.15, 0.2) is 54.7 Å². The van der Waals surface area contributed by atoms with Crippen molar-refractivity contribution in [3.05, 3.63) is 71.5 Å². The summed E-state index contributed by atoms with van der Waals surface area (Å²) < 4.78 is 0. The lowest BCUT2D eigenvalue weighted by molar-refractivity contribution is 0.386. The van der Waals surface area contributed by atoms with Gasteiger partial charge in [-0.25, -0.2) is 9.97 Å². The van der Waals surface area contributed by atoms with Gasteiger partial charge in [-0.3, -0.25) is 4.98 Å². The van der Waals surface area contributed by atoms with Gasteiger partial charge < -0.3 is 15.5 Å². The zero-order valence-corrected chi connectivity index (χ0v) is 16.4. The average Bonchev–Trinajstić information content (AvgIpc) is 2.74. The monoisotopic (exact) mass is 374 g/mol. The average molecular weight is 374 g/mol. The molecule has 144 valence electrons. The van der Waals surface area contributed by atoms with Gasteiger partial charge in [0.05, 0.1) is 11.7 Å². The van der Waals surface area contributed by atoms with Crippen molar-refractivity contribution in [3.8, 4) is 11.5 Å². The van der Waals surface area contributed by atoms with Gasteiger partial charge in [-0.2, -0.15) is 0 Å². The fourth-order valence-corrected chi connectivity index (χ4v) is 3.54. The number of anilines is 1. The van der Waals surface area contributed by atoms with Gasteiger partial charge in [-0.15, -0.1) is 0 Å². The van der Waals surface area contributed by atoms with E-state index >= 15 is 0 Å². The molecule has 2 N–H and O–H groups in total. The largest absolute Gasteiger partial charge is 0.362 e. The molecule has 1 aliphatic rings. The number of benzene rings is 1. The van der Waals surface area contributed by atoms with Crippen molar-refractivity contribution in [1.29, 1.82) is 0 Å². The summed E-state index contributed by atoms with van der Waals surface area (Å²) >= 11 is 0. The molecule has 2 aromatic heterocycles. The van der Waals surface area contributed by atoms with Gasteiger partial charge in [0.15, 0.2) is 5.82 Å². The second kappa shape index (κ2) is 8.46. The van der Waals surface area contributed by atoms with E-state index in [-0.39, 0.29) is 6.04 Å². The highest BCUT2D eigenvalue weighted by Crippen LogP contribution is 2.27. The van der Waals surface area contributed by atoms with Gasteiger partial charge >= 0.3 is 0 Å². The van der Waals surface area contributed by atoms with Crippen molar-refractivity contribution in [2.24, 2.45) is 0 Å². The Bertz CT molecular complexity index is 911. The van der Waals surface area contributed by atoms with Gasteiger partial charge in [0.25, 0.3) is 0 Å². The smallest absolute Gasteiger partial charge is 0.180 e. The summed E-state index contributed by atoms with van der Waals surface area (Å²) in [7, 11) is 4.19. The molecule has 0 saturated carbocycles. The number of nitrogens with one attached hydrogen (secondary N) is 2. The summed E-state index contributed by atoms with van der Waals surface area (Å²) in [5.74, 6) is 1.59. The Morgan fingerprint density at radius 1 is 1.07 bits per heavy atom. The quantitative estimate of drug-likeness (QED) is 0.692. The van der Waals surface area contributed by atoms with E-state index in [0.717, 1.165) is 43.3 Å². The number of pyridine rings is 1. The van der Waals surface area contributed by atoms with E-state index in [1.807, 2.05) is 24.3 Å². The van der Waals surface area contributed by atoms with E-state index in [9.17, 15) is 0 Å². The molecule has 3 aromatic rings. The highest BCUT2D eigenvalue weighted by molar-refractivity contribution is 5.58. The Kier molecular flexibility index (Phi) is 5.60. The highest BCUT2D eigenvalue weighted by atomic mass is 15.1. The van der Waals surface area contributed by atoms with Gasteiger partial charge in [0.2, 0.25) is 0 Å². The zero-order chi connectivity index (χ0) is 19.3. The van der Waals surface area contributed by atoms with E-state index in [1.54, 1.807) is 6.20 Å². The predicted molar refractivity (Wildman–Crippen MR) is 112 cm³/mol. The van der Waals surface area contributed by atoms with Crippen LogP contribution < -0.4 is 10.6 Å². The molecule has 0 spiro atoms. The fourth-order valence-electron chi connectivity index (χ4n) is 3.54. The van der Waals surface area contributed by atoms with Gasteiger partial charge in [0.1, 0.15) is 11.5 Å². The molecule has 0 fully saturated rings. The van der Waals surface area contributed by atoms with Crippen LogP contribution in [-0.2, 0) is 13.0 Å². The molecule has 6 nitrogen and oxygen atoms in total. The van der Waals surface area contributed by atoms with E-state index in [1.165, 1.54) is 11.1 Å². The molecular weight excluding hydrogens is 348 g/mol. The second-order valence-corrected chi connectivity index (χ2v) is 7.33. The van der Waals surface area contributed by atoms with Crippen LogP contribution in [0.1, 0.15) is 22.9 Å². The Morgan fingerprint density at radius 2 is 1.89 bits per heavy atom. The lowest BCUT2D eigenvalue weighted by atomic mass is 10.0. The number of hydrogen-bond donors (Lipinski definition) is 2.